The van der Waals surface area contributed by atoms with Crippen LogP contribution in [0, 0.1) is 99.0 Å². The third kappa shape index (κ3) is 20.8. The summed E-state index contributed by atoms with van der Waals surface area (Å²) in [5, 5.41) is 10.9. The summed E-state index contributed by atoms with van der Waals surface area (Å²) in [5.41, 5.74) is 20.1. The third-order valence-corrected chi connectivity index (χ3v) is 20.5. The van der Waals surface area contributed by atoms with Gasteiger partial charge in [-0.1, -0.05) is 229 Å². The molecule has 0 aromatic heterocycles. The molecule has 0 radical (unpaired) electrons. The first-order valence-corrected chi connectivity index (χ1v) is 36.5. The predicted octanol–water partition coefficient (Wildman–Crippen LogP) is 18.8. The van der Waals surface area contributed by atoms with Crippen LogP contribution in [-0.2, 0) is 48.5 Å². The molecule has 2 unspecified atom stereocenters. The zero-order chi connectivity index (χ0) is 67.1. The summed E-state index contributed by atoms with van der Waals surface area (Å²) in [6.07, 6.45) is 7.59. The summed E-state index contributed by atoms with van der Waals surface area (Å²) < 4.78 is 2.83. The van der Waals surface area contributed by atoms with Crippen LogP contribution in [0.15, 0.2) is 240 Å². The number of allylic oxidation sites excluding steroid dienone is 8. The zero-order valence-corrected chi connectivity index (χ0v) is 66.6. The minimum atomic E-state index is 0. The van der Waals surface area contributed by atoms with Crippen LogP contribution < -0.4 is 24.8 Å². The Kier molecular flexibility index (Phi) is 31.5. The van der Waals surface area contributed by atoms with Crippen LogP contribution >= 0.6 is 0 Å². The van der Waals surface area contributed by atoms with Crippen molar-refractivity contribution in [3.05, 3.63) is 296 Å². The van der Waals surface area contributed by atoms with Gasteiger partial charge in [-0.05, 0) is 39.5 Å². The fourth-order valence-electron chi connectivity index (χ4n) is 13.2. The average Bonchev–Trinajstić information content (AvgIpc) is 1.67. The standard InChI is InChI=1S/2C17H29.2C15H13.2C13H10.2ClH.2Zr/c2*1-10(2)14-9-15(11(3)4)17(13(7)8)16(14)12(5)6;2*1-10-3-5-14-12(7-10)9-13-8-11(2)4-6-15(13)14;2*1-3-7-12(8-4-1)11-13-9-5-2-6-10-13;;;;/h2*10-14H,1-8H3;2*3-9H,1-2H3;2*1-10H;2*1H;;/q4*-1;;;;;2*+2/p-2. The maximum atomic E-state index is 3.80. The number of fused-ring (bicyclic) bond motifs is 6. The molecule has 0 fully saturated rings. The number of aryl methyl sites for hydroxylation is 4. The quantitative estimate of drug-likeness (QED) is 0.107. The first-order chi connectivity index (χ1) is 43.8. The normalized spacial score (nSPS) is 14.3. The van der Waals surface area contributed by atoms with E-state index in [0.29, 0.717) is 59.2 Å². The Morgan fingerprint density at radius 2 is 0.532 bits per heavy atom. The number of hydrogen-bond donors (Lipinski definition) is 0. The second kappa shape index (κ2) is 37.3. The van der Waals surface area contributed by atoms with Crippen molar-refractivity contribution in [2.75, 3.05) is 0 Å². The number of hydrogen-bond acceptors (Lipinski definition) is 0. The van der Waals surface area contributed by atoms with Crippen LogP contribution in [0.2, 0.25) is 0 Å². The topological polar surface area (TPSA) is 0 Å². The molecule has 4 heteroatoms. The molecule has 0 bridgehead atoms. The van der Waals surface area contributed by atoms with Crippen molar-refractivity contribution in [1.29, 1.82) is 0 Å². The summed E-state index contributed by atoms with van der Waals surface area (Å²) in [7, 11) is 0. The van der Waals surface area contributed by atoms with Crippen LogP contribution in [0.5, 0.6) is 0 Å². The number of benzene rings is 8. The Balaban J connectivity index is 0.000000204. The van der Waals surface area contributed by atoms with E-state index in [2.05, 4.69) is 357 Å². The molecule has 0 heterocycles. The van der Waals surface area contributed by atoms with Crippen molar-refractivity contribution < 1.29 is 73.3 Å². The molecule has 2 atom stereocenters. The van der Waals surface area contributed by atoms with Crippen LogP contribution in [0.25, 0.3) is 43.1 Å². The van der Waals surface area contributed by atoms with Crippen LogP contribution in [-0.4, -0.2) is 6.41 Å². The Bertz CT molecular complexity index is 3710. The summed E-state index contributed by atoms with van der Waals surface area (Å²) >= 11 is 2.92. The number of halogens is 2. The first-order valence-electron chi connectivity index (χ1n) is 34.0. The molecule has 10 aromatic carbocycles. The van der Waals surface area contributed by atoms with Gasteiger partial charge >= 0.3 is 198 Å². The monoisotopic (exact) mass is 1430 g/mol. The molecule has 0 amide bonds. The molecule has 12 rings (SSSR count). The van der Waals surface area contributed by atoms with E-state index in [1.807, 2.05) is 0 Å². The van der Waals surface area contributed by atoms with Gasteiger partial charge in [-0.3, -0.25) is 12.2 Å². The molecule has 0 nitrogen and oxygen atoms in total. The molecule has 0 saturated carbocycles. The van der Waals surface area contributed by atoms with Gasteiger partial charge in [-0.2, -0.15) is 22.3 Å². The molecule has 94 heavy (non-hydrogen) atoms. The van der Waals surface area contributed by atoms with Gasteiger partial charge in [0.05, 0.1) is 0 Å². The Morgan fingerprint density at radius 1 is 0.309 bits per heavy atom. The molecule has 488 valence electrons. The fraction of sp³-hybridized carbons (Fsp3) is 0.333. The molecule has 2 aliphatic carbocycles. The van der Waals surface area contributed by atoms with Crippen molar-refractivity contribution in [2.45, 2.75) is 138 Å². The average molecular weight is 1440 g/mol. The van der Waals surface area contributed by atoms with E-state index in [1.54, 1.807) is 22.3 Å². The van der Waals surface area contributed by atoms with Crippen molar-refractivity contribution >= 4 is 49.5 Å². The molecule has 0 spiro atoms. The Morgan fingerprint density at radius 3 is 0.713 bits per heavy atom. The van der Waals surface area contributed by atoms with Gasteiger partial charge in [0.1, 0.15) is 0 Å². The SMILES string of the molecule is CC(C)C1=[C-]C(C(C)C)C(C(C)C)=C1C(C)C.CC(C)C1=[C-]C(C(C)C)C(C(C)C)=C1C(C)C.Cc1ccc2c(c1)[cH-]c1cc(C)ccc12.Cc1ccc2c(c1)[cH-]c1cc(C)ccc12.[Cl-].[Cl-].[Zr+2]=[C](c1ccccc1)c1ccccc1.[Zr+2]=[C](c1ccccc1)c1ccccc1. The molecular formula is C90H104Cl2Zr2-2. The van der Waals surface area contributed by atoms with Crippen molar-refractivity contribution in [2.24, 2.45) is 59.2 Å². The van der Waals surface area contributed by atoms with Crippen molar-refractivity contribution in [1.82, 2.24) is 0 Å². The van der Waals surface area contributed by atoms with Crippen LogP contribution in [0.1, 0.15) is 155 Å². The fourth-order valence-corrected chi connectivity index (χ4v) is 14.8. The minimum absolute atomic E-state index is 0. The predicted molar refractivity (Wildman–Crippen MR) is 398 cm³/mol. The van der Waals surface area contributed by atoms with Gasteiger partial charge in [-0.25, -0.2) is 11.1 Å². The van der Waals surface area contributed by atoms with Crippen LogP contribution in [0.4, 0.5) is 0 Å². The van der Waals surface area contributed by atoms with E-state index in [0.717, 1.165) is 0 Å². The van der Waals surface area contributed by atoms with Gasteiger partial charge in [-0.15, -0.1) is 79.5 Å². The van der Waals surface area contributed by atoms with Crippen molar-refractivity contribution in [3.8, 4) is 0 Å². The first kappa shape index (κ1) is 79.2. The van der Waals surface area contributed by atoms with Crippen molar-refractivity contribution in [3.63, 3.8) is 0 Å². The number of rotatable bonds is 12. The molecule has 0 saturated heterocycles. The molecule has 0 N–H and O–H groups in total. The summed E-state index contributed by atoms with van der Waals surface area (Å²) in [6, 6.07) is 73.4. The maximum absolute atomic E-state index is 3.80. The van der Waals surface area contributed by atoms with Gasteiger partial charge in [0.15, 0.2) is 0 Å². The molecule has 0 aliphatic heterocycles. The van der Waals surface area contributed by atoms with E-state index < -0.39 is 0 Å². The summed E-state index contributed by atoms with van der Waals surface area (Å²) in [6.45, 7) is 45.7. The van der Waals surface area contributed by atoms with Gasteiger partial charge in [0, 0.05) is 0 Å². The second-order valence-corrected chi connectivity index (χ2v) is 30.5. The van der Waals surface area contributed by atoms with Crippen LogP contribution in [0.3, 0.4) is 0 Å². The van der Waals surface area contributed by atoms with E-state index in [1.165, 1.54) is 154 Å². The van der Waals surface area contributed by atoms with Gasteiger partial charge in [0.25, 0.3) is 0 Å². The van der Waals surface area contributed by atoms with Gasteiger partial charge in [0.2, 0.25) is 0 Å². The second-order valence-electron chi connectivity index (χ2n) is 28.1. The zero-order valence-electron chi connectivity index (χ0n) is 60.2. The summed E-state index contributed by atoms with van der Waals surface area (Å²) in [5.74, 6) is 6.16. The van der Waals surface area contributed by atoms with E-state index in [9.17, 15) is 0 Å². The Labute approximate surface area is 611 Å². The van der Waals surface area contributed by atoms with E-state index in [-0.39, 0.29) is 24.8 Å². The van der Waals surface area contributed by atoms with E-state index >= 15 is 0 Å². The summed E-state index contributed by atoms with van der Waals surface area (Å²) in [4.78, 5) is 0. The molecule has 2 aliphatic rings. The Hall–Kier alpha value is -5.45. The molecular weight excluding hydrogens is 1330 g/mol. The van der Waals surface area contributed by atoms with Gasteiger partial charge < -0.3 is 24.8 Å². The van der Waals surface area contributed by atoms with E-state index in [4.69, 9.17) is 0 Å². The third-order valence-electron chi connectivity index (χ3n) is 17.7. The molecule has 10 aromatic rings.